The molecule has 0 bridgehead atoms. The van der Waals surface area contributed by atoms with Gasteiger partial charge in [0, 0.05) is 31.7 Å². The summed E-state index contributed by atoms with van der Waals surface area (Å²) in [5.41, 5.74) is 0. The molecule has 0 aliphatic rings. The second-order valence-corrected chi connectivity index (χ2v) is 7.88. The highest BCUT2D eigenvalue weighted by Crippen LogP contribution is 2.13. The summed E-state index contributed by atoms with van der Waals surface area (Å²) in [6.07, 6.45) is 7.76. The van der Waals surface area contributed by atoms with Crippen molar-refractivity contribution in [2.45, 2.75) is 59.4 Å². The molecule has 1 unspecified atom stereocenters. The number of aryl methyl sites for hydroxylation is 1. The monoisotopic (exact) mass is 381 g/mol. The highest BCUT2D eigenvalue weighted by molar-refractivity contribution is 7.11. The number of carbonyl (C=O) groups excluding carboxylic acids is 1. The molecule has 7 heteroatoms. The molecule has 148 valence electrons. The molecule has 0 saturated carbocycles. The molecule has 6 nitrogen and oxygen atoms in total. The molecule has 26 heavy (non-hydrogen) atoms. The van der Waals surface area contributed by atoms with Crippen LogP contribution in [-0.2, 0) is 17.8 Å². The lowest BCUT2D eigenvalue weighted by Crippen LogP contribution is -2.40. The molecule has 0 saturated heterocycles. The van der Waals surface area contributed by atoms with Gasteiger partial charge in [-0.05, 0) is 18.8 Å². The highest BCUT2D eigenvalue weighted by Gasteiger charge is 2.10. The standard InChI is InChI=1S/C19H35N5OS/c1-6-9-10-15(7-2)11-21-19(23-14-18(25)24(4)5)22-13-17-20-12-16(8-3)26-17/h12,15H,6-11,13-14H2,1-5H3,(H2,21,22,23). The lowest BCUT2D eigenvalue weighted by atomic mass is 9.99. The average Bonchev–Trinajstić information content (AvgIpc) is 3.10. The summed E-state index contributed by atoms with van der Waals surface area (Å²) in [4.78, 5) is 23.6. The van der Waals surface area contributed by atoms with Crippen molar-refractivity contribution in [3.8, 4) is 0 Å². The van der Waals surface area contributed by atoms with E-state index in [1.54, 1.807) is 30.3 Å². The molecule has 1 rings (SSSR count). The van der Waals surface area contributed by atoms with Gasteiger partial charge in [-0.25, -0.2) is 9.98 Å². The lowest BCUT2D eigenvalue weighted by molar-refractivity contribution is -0.127. The second-order valence-electron chi connectivity index (χ2n) is 6.68. The van der Waals surface area contributed by atoms with Gasteiger partial charge in [0.05, 0.1) is 6.54 Å². The van der Waals surface area contributed by atoms with E-state index in [0.29, 0.717) is 18.4 Å². The van der Waals surface area contributed by atoms with Crippen molar-refractivity contribution in [2.24, 2.45) is 10.9 Å². The van der Waals surface area contributed by atoms with Gasteiger partial charge in [-0.15, -0.1) is 11.3 Å². The molecular formula is C19H35N5OS. The van der Waals surface area contributed by atoms with E-state index in [9.17, 15) is 4.79 Å². The third kappa shape index (κ3) is 8.65. The van der Waals surface area contributed by atoms with E-state index in [4.69, 9.17) is 0 Å². The smallest absolute Gasteiger partial charge is 0.243 e. The Bertz CT molecular complexity index is 556. The van der Waals surface area contributed by atoms with Crippen molar-refractivity contribution in [3.05, 3.63) is 16.1 Å². The van der Waals surface area contributed by atoms with Gasteiger partial charge in [-0.2, -0.15) is 0 Å². The van der Waals surface area contributed by atoms with Gasteiger partial charge >= 0.3 is 0 Å². The van der Waals surface area contributed by atoms with Crippen LogP contribution < -0.4 is 10.6 Å². The maximum atomic E-state index is 11.9. The molecule has 0 aromatic carbocycles. The van der Waals surface area contributed by atoms with E-state index in [1.807, 2.05) is 6.20 Å². The van der Waals surface area contributed by atoms with Crippen molar-refractivity contribution in [2.75, 3.05) is 27.2 Å². The molecule has 1 aromatic heterocycles. The summed E-state index contributed by atoms with van der Waals surface area (Å²) in [6, 6.07) is 0. The summed E-state index contributed by atoms with van der Waals surface area (Å²) in [7, 11) is 3.50. The van der Waals surface area contributed by atoms with Crippen LogP contribution in [0.3, 0.4) is 0 Å². The van der Waals surface area contributed by atoms with Gasteiger partial charge in [0.25, 0.3) is 0 Å². The number of carbonyl (C=O) groups is 1. The Hall–Kier alpha value is -1.63. The molecule has 1 amide bonds. The Labute approximate surface area is 162 Å². The van der Waals surface area contributed by atoms with Crippen LogP contribution in [-0.4, -0.2) is 48.9 Å². The number of likely N-dealkylation sites (N-methyl/N-ethyl adjacent to an activating group) is 1. The van der Waals surface area contributed by atoms with E-state index in [0.717, 1.165) is 24.4 Å². The maximum absolute atomic E-state index is 11.9. The Morgan fingerprint density at radius 3 is 2.65 bits per heavy atom. The number of guanidine groups is 1. The third-order valence-corrected chi connectivity index (χ3v) is 5.47. The molecule has 0 fully saturated rings. The second kappa shape index (κ2) is 12.7. The van der Waals surface area contributed by atoms with E-state index >= 15 is 0 Å². The fourth-order valence-electron chi connectivity index (χ4n) is 2.40. The van der Waals surface area contributed by atoms with Crippen LogP contribution in [0.2, 0.25) is 0 Å². The van der Waals surface area contributed by atoms with Crippen LogP contribution in [0.25, 0.3) is 0 Å². The number of aromatic nitrogens is 1. The number of hydrogen-bond donors (Lipinski definition) is 2. The summed E-state index contributed by atoms with van der Waals surface area (Å²) in [5, 5.41) is 7.76. The summed E-state index contributed by atoms with van der Waals surface area (Å²) >= 11 is 1.71. The van der Waals surface area contributed by atoms with Crippen molar-refractivity contribution in [1.29, 1.82) is 0 Å². The number of unbranched alkanes of at least 4 members (excludes halogenated alkanes) is 1. The zero-order valence-corrected chi connectivity index (χ0v) is 17.8. The first kappa shape index (κ1) is 22.4. The van der Waals surface area contributed by atoms with Gasteiger partial charge in [0.1, 0.15) is 11.6 Å². The van der Waals surface area contributed by atoms with Crippen molar-refractivity contribution < 1.29 is 4.79 Å². The minimum Gasteiger partial charge on any atom is -0.356 e. The molecule has 1 atom stereocenters. The number of rotatable bonds is 11. The summed E-state index contributed by atoms with van der Waals surface area (Å²) in [5.74, 6) is 1.30. The topological polar surface area (TPSA) is 69.6 Å². The minimum absolute atomic E-state index is 0.00774. The van der Waals surface area contributed by atoms with Gasteiger partial charge < -0.3 is 15.5 Å². The molecule has 0 aliphatic heterocycles. The SMILES string of the molecule is CCCCC(CC)CNC(=NCC(=O)N(C)C)NCc1ncc(CC)s1. The average molecular weight is 382 g/mol. The Balaban J connectivity index is 2.64. The predicted molar refractivity (Wildman–Crippen MR) is 111 cm³/mol. The quantitative estimate of drug-likeness (QED) is 0.457. The molecule has 2 N–H and O–H groups in total. The molecule has 1 heterocycles. The van der Waals surface area contributed by atoms with Crippen LogP contribution in [0.4, 0.5) is 0 Å². The van der Waals surface area contributed by atoms with E-state index in [-0.39, 0.29) is 12.5 Å². The number of amides is 1. The summed E-state index contributed by atoms with van der Waals surface area (Å²) < 4.78 is 0. The van der Waals surface area contributed by atoms with Crippen LogP contribution in [0.1, 0.15) is 56.3 Å². The highest BCUT2D eigenvalue weighted by atomic mass is 32.1. The number of nitrogens with zero attached hydrogens (tertiary/aromatic N) is 3. The van der Waals surface area contributed by atoms with Crippen LogP contribution >= 0.6 is 11.3 Å². The Morgan fingerprint density at radius 1 is 1.31 bits per heavy atom. The lowest BCUT2D eigenvalue weighted by Gasteiger charge is -2.18. The minimum atomic E-state index is -0.00774. The van der Waals surface area contributed by atoms with E-state index in [1.165, 1.54) is 24.1 Å². The normalized spacial score (nSPS) is 12.7. The fraction of sp³-hybridized carbons (Fsp3) is 0.737. The van der Waals surface area contributed by atoms with E-state index < -0.39 is 0 Å². The van der Waals surface area contributed by atoms with Crippen molar-refractivity contribution in [1.82, 2.24) is 20.5 Å². The fourth-order valence-corrected chi connectivity index (χ4v) is 3.20. The third-order valence-electron chi connectivity index (χ3n) is 4.33. The Kier molecular flexibility index (Phi) is 10.9. The van der Waals surface area contributed by atoms with Crippen LogP contribution in [0.15, 0.2) is 11.2 Å². The van der Waals surface area contributed by atoms with Crippen molar-refractivity contribution in [3.63, 3.8) is 0 Å². The van der Waals surface area contributed by atoms with Gasteiger partial charge in [0.2, 0.25) is 5.91 Å². The first-order valence-corrected chi connectivity index (χ1v) is 10.5. The largest absolute Gasteiger partial charge is 0.356 e. The van der Waals surface area contributed by atoms with Gasteiger partial charge in [-0.3, -0.25) is 4.79 Å². The summed E-state index contributed by atoms with van der Waals surface area (Å²) in [6.45, 7) is 8.22. The van der Waals surface area contributed by atoms with E-state index in [2.05, 4.69) is 41.4 Å². The number of nitrogens with one attached hydrogen (secondary N) is 2. The van der Waals surface area contributed by atoms with Crippen LogP contribution in [0.5, 0.6) is 0 Å². The number of hydrogen-bond acceptors (Lipinski definition) is 4. The molecule has 1 aromatic rings. The molecular weight excluding hydrogens is 346 g/mol. The van der Waals surface area contributed by atoms with Crippen LogP contribution in [0, 0.1) is 5.92 Å². The number of thiazole rings is 1. The van der Waals surface area contributed by atoms with Crippen molar-refractivity contribution >= 4 is 23.2 Å². The predicted octanol–water partition coefficient (Wildman–Crippen LogP) is 3.05. The van der Waals surface area contributed by atoms with Gasteiger partial charge in [0.15, 0.2) is 5.96 Å². The molecule has 0 spiro atoms. The first-order chi connectivity index (χ1) is 12.5. The molecule has 0 radical (unpaired) electrons. The maximum Gasteiger partial charge on any atom is 0.243 e. The zero-order chi connectivity index (χ0) is 19.4. The number of aliphatic imine (C=N–C) groups is 1. The Morgan fingerprint density at radius 2 is 2.08 bits per heavy atom. The van der Waals surface area contributed by atoms with Gasteiger partial charge in [-0.1, -0.05) is 40.0 Å². The molecule has 0 aliphatic carbocycles. The zero-order valence-electron chi connectivity index (χ0n) is 17.0. The first-order valence-electron chi connectivity index (χ1n) is 9.65.